The summed E-state index contributed by atoms with van der Waals surface area (Å²) in [6.45, 7) is 8.21. The Labute approximate surface area is 153 Å². The summed E-state index contributed by atoms with van der Waals surface area (Å²) in [7, 11) is 0. The smallest absolute Gasteiger partial charge is 0.256 e. The van der Waals surface area contributed by atoms with E-state index in [1.165, 1.54) is 5.56 Å². The molecular weight excluding hydrogens is 324 g/mol. The van der Waals surface area contributed by atoms with E-state index in [0.29, 0.717) is 11.5 Å². The van der Waals surface area contributed by atoms with Crippen molar-refractivity contribution in [3.8, 4) is 0 Å². The fraction of sp³-hybridized carbons (Fsp3) is 0.381. The maximum atomic E-state index is 13.1. The molecule has 0 aliphatic heterocycles. The molecule has 0 bridgehead atoms. The Balaban J connectivity index is 1.78. The summed E-state index contributed by atoms with van der Waals surface area (Å²) in [5.74, 6) is 0.372. The van der Waals surface area contributed by atoms with Crippen LogP contribution in [0.2, 0.25) is 0 Å². The summed E-state index contributed by atoms with van der Waals surface area (Å²) in [6, 6.07) is 8.19. The van der Waals surface area contributed by atoms with Crippen molar-refractivity contribution in [1.82, 2.24) is 14.8 Å². The number of nitrogens with one attached hydrogen (secondary N) is 1. The van der Waals surface area contributed by atoms with E-state index in [1.54, 1.807) is 6.20 Å². The van der Waals surface area contributed by atoms with Crippen LogP contribution in [0.5, 0.6) is 0 Å². The van der Waals surface area contributed by atoms with Gasteiger partial charge >= 0.3 is 0 Å². The summed E-state index contributed by atoms with van der Waals surface area (Å²) in [5.41, 5.74) is 5.55. The number of carbonyl (C=O) groups excluding carboxylic acids is 1. The van der Waals surface area contributed by atoms with Crippen LogP contribution in [0.25, 0.3) is 11.0 Å². The highest BCUT2D eigenvalue weighted by Crippen LogP contribution is 2.40. The van der Waals surface area contributed by atoms with Gasteiger partial charge in [0.15, 0.2) is 5.65 Å². The average Bonchev–Trinajstić information content (AvgIpc) is 3.35. The summed E-state index contributed by atoms with van der Waals surface area (Å²) >= 11 is 0. The number of anilines is 1. The number of rotatable bonds is 4. The predicted molar refractivity (Wildman–Crippen MR) is 104 cm³/mol. The van der Waals surface area contributed by atoms with Crippen molar-refractivity contribution in [3.05, 3.63) is 52.8 Å². The molecule has 1 fully saturated rings. The van der Waals surface area contributed by atoms with Gasteiger partial charge in [-0.05, 0) is 58.2 Å². The Morgan fingerprint density at radius 2 is 2.00 bits per heavy atom. The van der Waals surface area contributed by atoms with E-state index in [1.807, 2.05) is 36.7 Å². The zero-order chi connectivity index (χ0) is 18.4. The van der Waals surface area contributed by atoms with Gasteiger partial charge in [-0.2, -0.15) is 5.10 Å². The molecule has 1 aliphatic carbocycles. The number of fused-ring (bicyclic) bond motifs is 1. The second-order valence-corrected chi connectivity index (χ2v) is 7.56. The van der Waals surface area contributed by atoms with Crippen LogP contribution in [0.4, 0.5) is 5.69 Å². The molecular formula is C21H24N4O. The molecule has 0 saturated heterocycles. The SMILES string of the molecule is Cc1ccc(NC(=O)c2cc(C3CC3)nc3c2cnn3C(C)C)c(C)c1. The van der Waals surface area contributed by atoms with Gasteiger partial charge in [0.25, 0.3) is 5.91 Å². The van der Waals surface area contributed by atoms with Gasteiger partial charge < -0.3 is 5.32 Å². The standard InChI is InChI=1S/C21H24N4O/c1-12(2)25-20-17(11-22-25)16(10-19(23-20)15-6-7-15)21(26)24-18-8-5-13(3)9-14(18)4/h5,8-12,15H,6-7H2,1-4H3,(H,24,26). The van der Waals surface area contributed by atoms with Crippen LogP contribution >= 0.6 is 0 Å². The molecule has 1 aromatic carbocycles. The van der Waals surface area contributed by atoms with Crippen LogP contribution < -0.4 is 5.32 Å². The van der Waals surface area contributed by atoms with Crippen LogP contribution in [0.1, 0.15) is 65.8 Å². The third-order valence-electron chi connectivity index (χ3n) is 4.95. The molecule has 134 valence electrons. The zero-order valence-electron chi connectivity index (χ0n) is 15.7. The van der Waals surface area contributed by atoms with Gasteiger partial charge in [-0.25, -0.2) is 9.67 Å². The number of amides is 1. The average molecular weight is 348 g/mol. The van der Waals surface area contributed by atoms with E-state index in [0.717, 1.165) is 40.8 Å². The van der Waals surface area contributed by atoms with E-state index in [2.05, 4.69) is 30.3 Å². The number of pyridine rings is 1. The Bertz CT molecular complexity index is 999. The largest absolute Gasteiger partial charge is 0.322 e. The number of carbonyl (C=O) groups is 1. The van der Waals surface area contributed by atoms with Crippen molar-refractivity contribution in [2.75, 3.05) is 5.32 Å². The molecule has 0 radical (unpaired) electrons. The lowest BCUT2D eigenvalue weighted by atomic mass is 10.1. The summed E-state index contributed by atoms with van der Waals surface area (Å²) in [6.07, 6.45) is 4.05. The summed E-state index contributed by atoms with van der Waals surface area (Å²) < 4.78 is 1.90. The number of hydrogen-bond acceptors (Lipinski definition) is 3. The van der Waals surface area contributed by atoms with E-state index >= 15 is 0 Å². The summed E-state index contributed by atoms with van der Waals surface area (Å²) in [4.78, 5) is 17.9. The van der Waals surface area contributed by atoms with Gasteiger partial charge in [0.1, 0.15) is 0 Å². The van der Waals surface area contributed by atoms with Crippen molar-refractivity contribution in [2.45, 2.75) is 52.5 Å². The molecule has 26 heavy (non-hydrogen) atoms. The predicted octanol–water partition coefficient (Wildman–Crippen LogP) is 4.76. The molecule has 2 aromatic heterocycles. The second kappa shape index (κ2) is 6.24. The number of benzene rings is 1. The topological polar surface area (TPSA) is 59.8 Å². The minimum atomic E-state index is -0.102. The zero-order valence-corrected chi connectivity index (χ0v) is 15.7. The van der Waals surface area contributed by atoms with E-state index in [4.69, 9.17) is 4.98 Å². The number of nitrogens with zero attached hydrogens (tertiary/aromatic N) is 3. The fourth-order valence-corrected chi connectivity index (χ4v) is 3.33. The van der Waals surface area contributed by atoms with E-state index < -0.39 is 0 Å². The van der Waals surface area contributed by atoms with Crippen molar-refractivity contribution < 1.29 is 4.79 Å². The molecule has 0 unspecified atom stereocenters. The van der Waals surface area contributed by atoms with Crippen LogP contribution in [0, 0.1) is 13.8 Å². The molecule has 4 rings (SSSR count). The Kier molecular flexibility index (Phi) is 4.02. The van der Waals surface area contributed by atoms with Crippen LogP contribution in [-0.2, 0) is 0 Å². The van der Waals surface area contributed by atoms with Crippen molar-refractivity contribution in [3.63, 3.8) is 0 Å². The third-order valence-corrected chi connectivity index (χ3v) is 4.95. The van der Waals surface area contributed by atoms with Crippen LogP contribution in [-0.4, -0.2) is 20.7 Å². The van der Waals surface area contributed by atoms with Gasteiger partial charge in [-0.3, -0.25) is 4.79 Å². The van der Waals surface area contributed by atoms with Gasteiger partial charge in [0.2, 0.25) is 0 Å². The number of aryl methyl sites for hydroxylation is 2. The molecule has 0 spiro atoms. The molecule has 3 aromatic rings. The van der Waals surface area contributed by atoms with E-state index in [9.17, 15) is 4.79 Å². The second-order valence-electron chi connectivity index (χ2n) is 7.56. The minimum Gasteiger partial charge on any atom is -0.322 e. The van der Waals surface area contributed by atoms with Crippen molar-refractivity contribution in [2.24, 2.45) is 0 Å². The van der Waals surface area contributed by atoms with Gasteiger partial charge in [-0.15, -0.1) is 0 Å². The molecule has 5 heteroatoms. The quantitative estimate of drug-likeness (QED) is 0.739. The maximum absolute atomic E-state index is 13.1. The number of hydrogen-bond donors (Lipinski definition) is 1. The van der Waals surface area contributed by atoms with Gasteiger partial charge in [-0.1, -0.05) is 17.7 Å². The number of aromatic nitrogens is 3. The Hall–Kier alpha value is -2.69. The first kappa shape index (κ1) is 16.8. The minimum absolute atomic E-state index is 0.102. The highest BCUT2D eigenvalue weighted by Gasteiger charge is 2.28. The van der Waals surface area contributed by atoms with Crippen molar-refractivity contribution >= 4 is 22.6 Å². The molecule has 1 amide bonds. The first-order chi connectivity index (χ1) is 12.4. The Morgan fingerprint density at radius 1 is 1.23 bits per heavy atom. The van der Waals surface area contributed by atoms with Gasteiger partial charge in [0, 0.05) is 23.3 Å². The van der Waals surface area contributed by atoms with Crippen molar-refractivity contribution in [1.29, 1.82) is 0 Å². The maximum Gasteiger partial charge on any atom is 0.256 e. The Morgan fingerprint density at radius 3 is 2.65 bits per heavy atom. The lowest BCUT2D eigenvalue weighted by Gasteiger charge is -2.12. The highest BCUT2D eigenvalue weighted by atomic mass is 16.1. The van der Waals surface area contributed by atoms with Gasteiger partial charge in [0.05, 0.1) is 17.1 Å². The lowest BCUT2D eigenvalue weighted by molar-refractivity contribution is 0.102. The monoisotopic (exact) mass is 348 g/mol. The molecule has 1 aliphatic rings. The first-order valence-corrected chi connectivity index (χ1v) is 9.21. The highest BCUT2D eigenvalue weighted by molar-refractivity contribution is 6.12. The van der Waals surface area contributed by atoms with Crippen LogP contribution in [0.15, 0.2) is 30.5 Å². The summed E-state index contributed by atoms with van der Waals surface area (Å²) in [5, 5.41) is 8.35. The normalized spacial score (nSPS) is 14.2. The van der Waals surface area contributed by atoms with E-state index in [-0.39, 0.29) is 11.9 Å². The third kappa shape index (κ3) is 2.98. The molecule has 2 heterocycles. The molecule has 0 atom stereocenters. The lowest BCUT2D eigenvalue weighted by Crippen LogP contribution is -2.14. The molecule has 1 saturated carbocycles. The fourth-order valence-electron chi connectivity index (χ4n) is 3.33. The van der Waals surface area contributed by atoms with Crippen LogP contribution in [0.3, 0.4) is 0 Å². The molecule has 1 N–H and O–H groups in total. The molecule has 5 nitrogen and oxygen atoms in total. The first-order valence-electron chi connectivity index (χ1n) is 9.21.